The molecule has 0 aromatic heterocycles. The van der Waals surface area contributed by atoms with Crippen LogP contribution in [0.4, 0.5) is 0 Å². The molecule has 10 heteroatoms. The Labute approximate surface area is 226 Å². The zero-order valence-electron chi connectivity index (χ0n) is 22.8. The topological polar surface area (TPSA) is 174 Å². The van der Waals surface area contributed by atoms with Crippen LogP contribution in [-0.4, -0.2) is 85.3 Å². The fourth-order valence-electron chi connectivity index (χ4n) is 11.1. The molecule has 7 rings (SSSR count). The number of hydrogen-bond acceptors (Lipinski definition) is 10. The lowest BCUT2D eigenvalue weighted by molar-refractivity contribution is -0.219. The second-order valence-electron chi connectivity index (χ2n) is 14.1. The number of ketones is 2. The van der Waals surface area contributed by atoms with E-state index in [1.807, 2.05) is 13.8 Å². The number of fused-ring (bicyclic) bond motifs is 10. The van der Waals surface area contributed by atoms with E-state index in [2.05, 4.69) is 0 Å². The zero-order valence-corrected chi connectivity index (χ0v) is 22.8. The van der Waals surface area contributed by atoms with E-state index in [1.54, 1.807) is 13.0 Å². The van der Waals surface area contributed by atoms with Gasteiger partial charge in [-0.25, -0.2) is 4.79 Å². The quantitative estimate of drug-likeness (QED) is 0.218. The fraction of sp³-hybridized carbons (Fsp3) is 0.828. The van der Waals surface area contributed by atoms with Gasteiger partial charge in [-0.1, -0.05) is 13.8 Å². The second kappa shape index (κ2) is 7.38. The van der Waals surface area contributed by atoms with Gasteiger partial charge >= 0.3 is 5.97 Å². The van der Waals surface area contributed by atoms with Crippen LogP contribution < -0.4 is 0 Å². The molecule has 17 unspecified atom stereocenters. The van der Waals surface area contributed by atoms with Crippen molar-refractivity contribution in [2.45, 2.75) is 89.7 Å². The monoisotopic (exact) mass is 546 g/mol. The van der Waals surface area contributed by atoms with Crippen LogP contribution in [0.5, 0.6) is 0 Å². The molecular weight excluding hydrogens is 508 g/mol. The van der Waals surface area contributed by atoms with Crippen LogP contribution in [0.2, 0.25) is 0 Å². The lowest BCUT2D eigenvalue weighted by Gasteiger charge is -2.62. The smallest absolute Gasteiger partial charge is 0.343 e. The number of hydrogen-bond donors (Lipinski definition) is 5. The van der Waals surface area contributed by atoms with Gasteiger partial charge in [-0.15, -0.1) is 0 Å². The number of rotatable bonds is 1. The van der Waals surface area contributed by atoms with Crippen molar-refractivity contribution in [3.63, 3.8) is 0 Å². The van der Waals surface area contributed by atoms with Crippen molar-refractivity contribution in [3.8, 4) is 0 Å². The Morgan fingerprint density at radius 3 is 2.31 bits per heavy atom. The van der Waals surface area contributed by atoms with Gasteiger partial charge in [0, 0.05) is 29.1 Å². The van der Waals surface area contributed by atoms with Crippen molar-refractivity contribution in [3.05, 3.63) is 11.8 Å². The number of carbonyl (C=O) groups excluding carboxylic acids is 3. The number of esters is 1. The second-order valence-corrected chi connectivity index (χ2v) is 14.1. The summed E-state index contributed by atoms with van der Waals surface area (Å²) in [5.74, 6) is -6.92. The summed E-state index contributed by atoms with van der Waals surface area (Å²) in [6, 6.07) is 0. The van der Waals surface area contributed by atoms with E-state index < -0.39 is 106 Å². The van der Waals surface area contributed by atoms with Crippen molar-refractivity contribution in [2.24, 2.45) is 57.7 Å². The van der Waals surface area contributed by atoms with E-state index in [0.717, 1.165) is 0 Å². The van der Waals surface area contributed by atoms with Crippen LogP contribution in [0, 0.1) is 57.7 Å². The molecule has 0 radical (unpaired) electrons. The summed E-state index contributed by atoms with van der Waals surface area (Å²) in [6.45, 7) is 7.99. The van der Waals surface area contributed by atoms with Crippen LogP contribution in [0.15, 0.2) is 11.8 Å². The van der Waals surface area contributed by atoms with Gasteiger partial charge in [0.1, 0.15) is 23.8 Å². The highest BCUT2D eigenvalue weighted by atomic mass is 16.6. The number of aliphatic hydroxyl groups is 5. The average molecular weight is 547 g/mol. The Bertz CT molecular complexity index is 1230. The van der Waals surface area contributed by atoms with Gasteiger partial charge in [-0.05, 0) is 57.4 Å². The van der Waals surface area contributed by atoms with Crippen LogP contribution >= 0.6 is 0 Å². The first-order valence-corrected chi connectivity index (χ1v) is 14.2. The van der Waals surface area contributed by atoms with Crippen molar-refractivity contribution in [1.82, 2.24) is 0 Å². The molecule has 2 heterocycles. The third-order valence-electron chi connectivity index (χ3n) is 13.1. The number of epoxide rings is 1. The first-order chi connectivity index (χ1) is 18.1. The van der Waals surface area contributed by atoms with Crippen molar-refractivity contribution < 1.29 is 49.4 Å². The van der Waals surface area contributed by atoms with Gasteiger partial charge in [-0.2, -0.15) is 0 Å². The van der Waals surface area contributed by atoms with E-state index in [1.165, 1.54) is 13.8 Å². The molecule has 39 heavy (non-hydrogen) atoms. The highest BCUT2D eigenvalue weighted by molar-refractivity contribution is 5.92. The molecule has 10 nitrogen and oxygen atoms in total. The van der Waals surface area contributed by atoms with Gasteiger partial charge in [0.15, 0.2) is 11.4 Å². The summed E-state index contributed by atoms with van der Waals surface area (Å²) >= 11 is 0. The molecule has 5 aliphatic carbocycles. The fourth-order valence-corrected chi connectivity index (χ4v) is 11.1. The van der Waals surface area contributed by atoms with E-state index >= 15 is 0 Å². The van der Waals surface area contributed by atoms with E-state index in [9.17, 15) is 39.9 Å². The standard InChI is InChI=1S/C29H38O10/c1-9-6-15-27(4,28(5,37)25(36)39-15)19-17(9)29(10(2)30)14(31)8-11-16(18(29)22(19)34)21(33)20(32)12-7-13-23(38-13)24(35)26(11,12)3/h6,9,11-14,16-20,22-24,31-32,34-35,37H,7-8H2,1-5H3. The molecule has 2 aliphatic heterocycles. The van der Waals surface area contributed by atoms with E-state index in [-0.39, 0.29) is 24.1 Å². The summed E-state index contributed by atoms with van der Waals surface area (Å²) in [4.78, 5) is 40.8. The predicted octanol–water partition coefficient (Wildman–Crippen LogP) is -0.272. The molecule has 6 fully saturated rings. The normalized spacial score (nSPS) is 62.5. The summed E-state index contributed by atoms with van der Waals surface area (Å²) < 4.78 is 11.2. The molecule has 7 aliphatic rings. The zero-order chi connectivity index (χ0) is 28.4. The van der Waals surface area contributed by atoms with Gasteiger partial charge in [0.05, 0.1) is 35.2 Å². The maximum Gasteiger partial charge on any atom is 0.343 e. The van der Waals surface area contributed by atoms with E-state index in [4.69, 9.17) is 9.47 Å². The Morgan fingerprint density at radius 1 is 1.00 bits per heavy atom. The van der Waals surface area contributed by atoms with Crippen molar-refractivity contribution >= 4 is 17.5 Å². The predicted molar refractivity (Wildman–Crippen MR) is 131 cm³/mol. The maximum atomic E-state index is 14.1. The number of carbonyl (C=O) groups is 3. The molecule has 2 saturated heterocycles. The molecular formula is C29H38O10. The lowest BCUT2D eigenvalue weighted by atomic mass is 9.41. The SMILES string of the molecule is CC(=O)C12C(O)CC3C(C(=O)C(O)C4CC5OC5C(O)C43C)C1C(O)C1C2C(C)C=C2OC(=O)C(C)(O)C21C. The highest BCUT2D eigenvalue weighted by Crippen LogP contribution is 2.74. The highest BCUT2D eigenvalue weighted by Gasteiger charge is 2.82. The molecule has 5 N–H and O–H groups in total. The molecule has 0 aromatic rings. The third kappa shape index (κ3) is 2.56. The Balaban J connectivity index is 1.44. The van der Waals surface area contributed by atoms with Crippen LogP contribution in [0.3, 0.4) is 0 Å². The summed E-state index contributed by atoms with van der Waals surface area (Å²) in [7, 11) is 0. The summed E-state index contributed by atoms with van der Waals surface area (Å²) in [5, 5.41) is 58.6. The molecule has 17 atom stereocenters. The van der Waals surface area contributed by atoms with Gasteiger partial charge in [-0.3, -0.25) is 9.59 Å². The Hall–Kier alpha value is -1.69. The molecule has 4 saturated carbocycles. The minimum atomic E-state index is -2.02. The maximum absolute atomic E-state index is 14.1. The molecule has 0 amide bonds. The first kappa shape index (κ1) is 26.2. The molecule has 214 valence electrons. The largest absolute Gasteiger partial charge is 0.429 e. The number of ether oxygens (including phenoxy) is 2. The Morgan fingerprint density at radius 2 is 1.67 bits per heavy atom. The molecule has 0 bridgehead atoms. The number of Topliss-reactive ketones (excluding diaryl/α,β-unsaturated/α-hetero) is 2. The van der Waals surface area contributed by atoms with Crippen molar-refractivity contribution in [1.29, 1.82) is 0 Å². The average Bonchev–Trinajstić information content (AvgIpc) is 3.54. The summed E-state index contributed by atoms with van der Waals surface area (Å²) in [6.07, 6.45) is -3.57. The minimum Gasteiger partial charge on any atom is -0.429 e. The molecule has 0 aromatic carbocycles. The van der Waals surface area contributed by atoms with Crippen LogP contribution in [0.25, 0.3) is 0 Å². The Kier molecular flexibility index (Phi) is 4.96. The summed E-state index contributed by atoms with van der Waals surface area (Å²) in [5.41, 5.74) is -6.01. The lowest BCUT2D eigenvalue weighted by Crippen LogP contribution is -2.70. The third-order valence-corrected chi connectivity index (χ3v) is 13.1. The number of aliphatic hydroxyl groups excluding tert-OH is 4. The van der Waals surface area contributed by atoms with Crippen molar-refractivity contribution in [2.75, 3.05) is 0 Å². The molecule has 0 spiro atoms. The van der Waals surface area contributed by atoms with E-state index in [0.29, 0.717) is 6.42 Å². The number of allylic oxidation sites excluding steroid dienone is 1. The van der Waals surface area contributed by atoms with Gasteiger partial charge < -0.3 is 35.0 Å². The van der Waals surface area contributed by atoms with Crippen LogP contribution in [-0.2, 0) is 23.9 Å². The first-order valence-electron chi connectivity index (χ1n) is 14.2. The van der Waals surface area contributed by atoms with Gasteiger partial charge in [0.25, 0.3) is 0 Å². The minimum absolute atomic E-state index is 0.0302. The van der Waals surface area contributed by atoms with Gasteiger partial charge in [0.2, 0.25) is 0 Å². The van der Waals surface area contributed by atoms with Crippen LogP contribution in [0.1, 0.15) is 47.5 Å².